The van der Waals surface area contributed by atoms with Gasteiger partial charge in [-0.15, -0.1) is 10.2 Å². The maximum absolute atomic E-state index is 12.3. The Hall–Kier alpha value is -2.70. The van der Waals surface area contributed by atoms with Crippen LogP contribution < -0.4 is 0 Å². The maximum atomic E-state index is 12.3. The Morgan fingerprint density at radius 1 is 1.00 bits per heavy atom. The Balaban J connectivity index is 1.69. The van der Waals surface area contributed by atoms with Crippen molar-refractivity contribution in [2.45, 2.75) is 6.92 Å². The highest BCUT2D eigenvalue weighted by Crippen LogP contribution is 2.18. The SMILES string of the molecule is CC(=O)N1CCN(C(=O)c2nnc(-c3ccccc3)o2)CC1. The average Bonchev–Trinajstić information content (AvgIpc) is 3.05. The second-order valence-electron chi connectivity index (χ2n) is 5.08. The summed E-state index contributed by atoms with van der Waals surface area (Å²) in [5, 5.41) is 7.75. The Bertz CT molecular complexity index is 675. The molecular weight excluding hydrogens is 284 g/mol. The first-order chi connectivity index (χ1) is 10.6. The maximum Gasteiger partial charge on any atom is 0.311 e. The minimum absolute atomic E-state index is 0.0184. The van der Waals surface area contributed by atoms with Crippen LogP contribution in [0, 0.1) is 0 Å². The molecule has 0 unspecified atom stereocenters. The predicted molar refractivity (Wildman–Crippen MR) is 77.9 cm³/mol. The van der Waals surface area contributed by atoms with Crippen molar-refractivity contribution < 1.29 is 14.0 Å². The molecule has 1 aromatic carbocycles. The molecule has 0 spiro atoms. The molecule has 22 heavy (non-hydrogen) atoms. The van der Waals surface area contributed by atoms with Gasteiger partial charge in [0, 0.05) is 38.7 Å². The van der Waals surface area contributed by atoms with Gasteiger partial charge in [0.2, 0.25) is 11.8 Å². The lowest BCUT2D eigenvalue weighted by molar-refractivity contribution is -0.130. The van der Waals surface area contributed by atoms with E-state index in [2.05, 4.69) is 10.2 Å². The number of hydrogen-bond donors (Lipinski definition) is 0. The van der Waals surface area contributed by atoms with Gasteiger partial charge < -0.3 is 14.2 Å². The molecule has 1 aliphatic rings. The van der Waals surface area contributed by atoms with Crippen LogP contribution in [0.4, 0.5) is 0 Å². The molecule has 2 heterocycles. The van der Waals surface area contributed by atoms with Crippen molar-refractivity contribution in [2.24, 2.45) is 0 Å². The number of hydrogen-bond acceptors (Lipinski definition) is 5. The fourth-order valence-corrected chi connectivity index (χ4v) is 2.37. The van der Waals surface area contributed by atoms with Crippen LogP contribution in [0.5, 0.6) is 0 Å². The first-order valence-corrected chi connectivity index (χ1v) is 7.09. The molecule has 0 bridgehead atoms. The Labute approximate surface area is 127 Å². The highest BCUT2D eigenvalue weighted by molar-refractivity contribution is 5.90. The standard InChI is InChI=1S/C15H16N4O3/c1-11(20)18-7-9-19(10-8-18)15(21)14-17-16-13(22-14)12-5-3-2-4-6-12/h2-6H,7-10H2,1H3. The Kier molecular flexibility index (Phi) is 3.86. The minimum atomic E-state index is -0.294. The molecule has 1 saturated heterocycles. The molecule has 0 aliphatic carbocycles. The van der Waals surface area contributed by atoms with Crippen LogP contribution in [-0.2, 0) is 4.79 Å². The van der Waals surface area contributed by atoms with E-state index in [1.807, 2.05) is 30.3 Å². The smallest absolute Gasteiger partial charge is 0.311 e. The van der Waals surface area contributed by atoms with Crippen molar-refractivity contribution in [1.82, 2.24) is 20.0 Å². The van der Waals surface area contributed by atoms with Gasteiger partial charge in [0.25, 0.3) is 0 Å². The second kappa shape index (κ2) is 5.97. The summed E-state index contributed by atoms with van der Waals surface area (Å²) in [4.78, 5) is 27.0. The molecule has 7 heteroatoms. The average molecular weight is 300 g/mol. The molecule has 0 N–H and O–H groups in total. The molecule has 3 rings (SSSR count). The second-order valence-corrected chi connectivity index (χ2v) is 5.08. The van der Waals surface area contributed by atoms with Gasteiger partial charge in [-0.1, -0.05) is 18.2 Å². The van der Waals surface area contributed by atoms with Gasteiger partial charge in [0.1, 0.15) is 0 Å². The molecule has 7 nitrogen and oxygen atoms in total. The summed E-state index contributed by atoms with van der Waals surface area (Å²) in [7, 11) is 0. The van der Waals surface area contributed by atoms with Gasteiger partial charge in [0.05, 0.1) is 0 Å². The summed E-state index contributed by atoms with van der Waals surface area (Å²) in [5.74, 6) is 0.0376. The first kappa shape index (κ1) is 14.2. The lowest BCUT2D eigenvalue weighted by Gasteiger charge is -2.33. The van der Waals surface area contributed by atoms with Crippen molar-refractivity contribution in [3.05, 3.63) is 36.2 Å². The molecule has 1 fully saturated rings. The lowest BCUT2D eigenvalue weighted by Crippen LogP contribution is -2.50. The third-order valence-corrected chi connectivity index (χ3v) is 3.64. The summed E-state index contributed by atoms with van der Waals surface area (Å²) in [6.07, 6.45) is 0. The zero-order valence-electron chi connectivity index (χ0n) is 12.2. The van der Waals surface area contributed by atoms with Crippen LogP contribution >= 0.6 is 0 Å². The summed E-state index contributed by atoms with van der Waals surface area (Å²) in [5.41, 5.74) is 0.774. The van der Waals surface area contributed by atoms with E-state index in [1.165, 1.54) is 6.92 Å². The van der Waals surface area contributed by atoms with E-state index >= 15 is 0 Å². The van der Waals surface area contributed by atoms with Crippen LogP contribution in [0.2, 0.25) is 0 Å². The van der Waals surface area contributed by atoms with Gasteiger partial charge in [-0.25, -0.2) is 0 Å². The lowest BCUT2D eigenvalue weighted by atomic mass is 10.2. The van der Waals surface area contributed by atoms with Crippen LogP contribution in [-0.4, -0.2) is 58.0 Å². The van der Waals surface area contributed by atoms with E-state index in [0.717, 1.165) is 5.56 Å². The molecule has 1 aromatic heterocycles. The van der Waals surface area contributed by atoms with Gasteiger partial charge in [0.15, 0.2) is 0 Å². The van der Waals surface area contributed by atoms with Crippen molar-refractivity contribution >= 4 is 11.8 Å². The van der Waals surface area contributed by atoms with E-state index in [4.69, 9.17) is 4.42 Å². The Morgan fingerprint density at radius 2 is 1.64 bits per heavy atom. The number of rotatable bonds is 2. The molecule has 0 radical (unpaired) electrons. The summed E-state index contributed by atoms with van der Waals surface area (Å²) in [6.45, 7) is 3.53. The third-order valence-electron chi connectivity index (χ3n) is 3.64. The number of aromatic nitrogens is 2. The molecule has 114 valence electrons. The molecule has 2 aromatic rings. The monoisotopic (exact) mass is 300 g/mol. The molecule has 2 amide bonds. The van der Waals surface area contributed by atoms with Crippen LogP contribution in [0.3, 0.4) is 0 Å². The van der Waals surface area contributed by atoms with Crippen LogP contribution in [0.25, 0.3) is 11.5 Å². The number of benzene rings is 1. The number of amides is 2. The molecule has 1 aliphatic heterocycles. The van der Waals surface area contributed by atoms with Crippen molar-refractivity contribution in [2.75, 3.05) is 26.2 Å². The van der Waals surface area contributed by atoms with Crippen molar-refractivity contribution in [3.63, 3.8) is 0 Å². The normalized spacial score (nSPS) is 15.0. The number of piperazine rings is 1. The zero-order chi connectivity index (χ0) is 15.5. The fourth-order valence-electron chi connectivity index (χ4n) is 2.37. The quantitative estimate of drug-likeness (QED) is 0.828. The molecular formula is C15H16N4O3. The zero-order valence-corrected chi connectivity index (χ0v) is 12.2. The summed E-state index contributed by atoms with van der Waals surface area (Å²) in [6, 6.07) is 9.30. The molecule has 0 saturated carbocycles. The van der Waals surface area contributed by atoms with Gasteiger partial charge >= 0.3 is 11.8 Å². The van der Waals surface area contributed by atoms with Crippen LogP contribution in [0.1, 0.15) is 17.6 Å². The Morgan fingerprint density at radius 3 is 2.27 bits per heavy atom. The third kappa shape index (κ3) is 2.83. The van der Waals surface area contributed by atoms with E-state index in [0.29, 0.717) is 32.1 Å². The largest absolute Gasteiger partial charge is 0.412 e. The fraction of sp³-hybridized carbons (Fsp3) is 0.333. The minimum Gasteiger partial charge on any atom is -0.412 e. The van der Waals surface area contributed by atoms with Crippen LogP contribution in [0.15, 0.2) is 34.7 Å². The van der Waals surface area contributed by atoms with Gasteiger partial charge in [-0.3, -0.25) is 9.59 Å². The van der Waals surface area contributed by atoms with Gasteiger partial charge in [-0.05, 0) is 12.1 Å². The number of nitrogens with zero attached hydrogens (tertiary/aromatic N) is 4. The topological polar surface area (TPSA) is 79.5 Å². The van der Waals surface area contributed by atoms with E-state index in [9.17, 15) is 9.59 Å². The predicted octanol–water partition coefficient (Wildman–Crippen LogP) is 1.04. The number of carbonyl (C=O) groups is 2. The highest BCUT2D eigenvalue weighted by atomic mass is 16.4. The van der Waals surface area contributed by atoms with E-state index < -0.39 is 0 Å². The summed E-state index contributed by atoms with van der Waals surface area (Å²) < 4.78 is 5.47. The van der Waals surface area contributed by atoms with E-state index in [1.54, 1.807) is 9.80 Å². The highest BCUT2D eigenvalue weighted by Gasteiger charge is 2.26. The van der Waals surface area contributed by atoms with Crippen molar-refractivity contribution in [3.8, 4) is 11.5 Å². The molecule has 0 atom stereocenters. The summed E-state index contributed by atoms with van der Waals surface area (Å²) >= 11 is 0. The van der Waals surface area contributed by atoms with Gasteiger partial charge in [-0.2, -0.15) is 0 Å². The van der Waals surface area contributed by atoms with E-state index in [-0.39, 0.29) is 17.7 Å². The first-order valence-electron chi connectivity index (χ1n) is 7.09. The van der Waals surface area contributed by atoms with Crippen molar-refractivity contribution in [1.29, 1.82) is 0 Å². The number of carbonyl (C=O) groups excluding carboxylic acids is 2.